The Bertz CT molecular complexity index is 375. The highest BCUT2D eigenvalue weighted by Crippen LogP contribution is 2.22. The first kappa shape index (κ1) is 19.2. The van der Waals surface area contributed by atoms with Gasteiger partial charge in [0.1, 0.15) is 0 Å². The highest BCUT2D eigenvalue weighted by molar-refractivity contribution is 5.85. The van der Waals surface area contributed by atoms with Crippen molar-refractivity contribution in [2.75, 3.05) is 39.4 Å². The lowest BCUT2D eigenvalue weighted by Crippen LogP contribution is -2.49. The molecule has 0 bridgehead atoms. The molecular formula is C15H28ClN3O3. The van der Waals surface area contributed by atoms with Gasteiger partial charge in [0, 0.05) is 45.1 Å². The van der Waals surface area contributed by atoms with Gasteiger partial charge in [-0.05, 0) is 18.8 Å². The van der Waals surface area contributed by atoms with E-state index >= 15 is 0 Å². The van der Waals surface area contributed by atoms with Gasteiger partial charge in [0.05, 0.1) is 13.2 Å². The summed E-state index contributed by atoms with van der Waals surface area (Å²) in [4.78, 5) is 28.1. The molecule has 2 fully saturated rings. The van der Waals surface area contributed by atoms with Crippen LogP contribution < -0.4 is 5.73 Å². The summed E-state index contributed by atoms with van der Waals surface area (Å²) in [5.41, 5.74) is 5.78. The molecule has 2 unspecified atom stereocenters. The molecule has 0 radical (unpaired) electrons. The Hall–Kier alpha value is -0.850. The molecule has 128 valence electrons. The number of carbonyl (C=O) groups is 2. The van der Waals surface area contributed by atoms with Crippen molar-refractivity contribution in [3.63, 3.8) is 0 Å². The molecule has 2 heterocycles. The lowest BCUT2D eigenvalue weighted by atomic mass is 9.92. The normalized spacial score (nSPS) is 25.5. The summed E-state index contributed by atoms with van der Waals surface area (Å²) in [6.07, 6.45) is 2.59. The number of nitrogens with zero attached hydrogens (tertiary/aromatic N) is 2. The zero-order chi connectivity index (χ0) is 15.2. The highest BCUT2D eigenvalue weighted by atomic mass is 35.5. The standard InChI is InChI=1S/C15H27N3O3.ClH/c1-12-4-5-18(13(10-12)11-16)15(20)3-2-14(19)17-6-8-21-9-7-17;/h12-13H,2-11,16H2,1H3;1H. The van der Waals surface area contributed by atoms with Gasteiger partial charge < -0.3 is 20.3 Å². The fourth-order valence-electron chi connectivity index (χ4n) is 3.13. The number of amides is 2. The summed E-state index contributed by atoms with van der Waals surface area (Å²) < 4.78 is 5.23. The monoisotopic (exact) mass is 333 g/mol. The van der Waals surface area contributed by atoms with E-state index in [0.29, 0.717) is 51.6 Å². The van der Waals surface area contributed by atoms with Crippen molar-refractivity contribution in [2.45, 2.75) is 38.6 Å². The summed E-state index contributed by atoms with van der Waals surface area (Å²) in [5, 5.41) is 0. The van der Waals surface area contributed by atoms with Gasteiger partial charge in [0.15, 0.2) is 0 Å². The number of hydrogen-bond donors (Lipinski definition) is 1. The zero-order valence-corrected chi connectivity index (χ0v) is 14.1. The Kier molecular flexibility index (Phi) is 8.14. The second-order valence-electron chi connectivity index (χ2n) is 6.10. The van der Waals surface area contributed by atoms with E-state index < -0.39 is 0 Å². The molecule has 6 nitrogen and oxygen atoms in total. The summed E-state index contributed by atoms with van der Waals surface area (Å²) in [7, 11) is 0. The number of hydrogen-bond acceptors (Lipinski definition) is 4. The van der Waals surface area contributed by atoms with E-state index in [9.17, 15) is 9.59 Å². The highest BCUT2D eigenvalue weighted by Gasteiger charge is 2.29. The molecule has 0 aromatic heterocycles. The molecule has 0 aromatic rings. The van der Waals surface area contributed by atoms with E-state index in [2.05, 4.69) is 6.92 Å². The van der Waals surface area contributed by atoms with Crippen LogP contribution in [0.1, 0.15) is 32.6 Å². The van der Waals surface area contributed by atoms with Crippen LogP contribution in [0.5, 0.6) is 0 Å². The largest absolute Gasteiger partial charge is 0.378 e. The fourth-order valence-corrected chi connectivity index (χ4v) is 3.13. The van der Waals surface area contributed by atoms with Crippen molar-refractivity contribution in [3.05, 3.63) is 0 Å². The number of halogens is 1. The molecule has 2 aliphatic rings. The molecule has 0 aliphatic carbocycles. The summed E-state index contributed by atoms with van der Waals surface area (Å²) in [6, 6.07) is 0.139. The molecule has 0 aromatic carbocycles. The Balaban J connectivity index is 0.00000242. The smallest absolute Gasteiger partial charge is 0.223 e. The van der Waals surface area contributed by atoms with Gasteiger partial charge in [0.25, 0.3) is 0 Å². The molecule has 2 aliphatic heterocycles. The molecule has 2 atom stereocenters. The Labute approximate surface area is 138 Å². The lowest BCUT2D eigenvalue weighted by Gasteiger charge is -2.38. The molecule has 0 saturated carbocycles. The van der Waals surface area contributed by atoms with Crippen LogP contribution in [-0.4, -0.2) is 67.0 Å². The van der Waals surface area contributed by atoms with Crippen molar-refractivity contribution in [3.8, 4) is 0 Å². The number of likely N-dealkylation sites (tertiary alicyclic amines) is 1. The average molecular weight is 334 g/mol. The van der Waals surface area contributed by atoms with E-state index in [4.69, 9.17) is 10.5 Å². The maximum absolute atomic E-state index is 12.3. The predicted molar refractivity (Wildman–Crippen MR) is 86.8 cm³/mol. The molecular weight excluding hydrogens is 306 g/mol. The first-order valence-corrected chi connectivity index (χ1v) is 7.97. The summed E-state index contributed by atoms with van der Waals surface area (Å²) in [5.74, 6) is 0.748. The minimum absolute atomic E-state index is 0. The summed E-state index contributed by atoms with van der Waals surface area (Å²) in [6.45, 7) is 5.95. The minimum Gasteiger partial charge on any atom is -0.378 e. The number of ether oxygens (including phenoxy) is 1. The Morgan fingerprint density at radius 2 is 1.77 bits per heavy atom. The fraction of sp³-hybridized carbons (Fsp3) is 0.867. The molecule has 2 saturated heterocycles. The number of carbonyl (C=O) groups excluding carboxylic acids is 2. The topological polar surface area (TPSA) is 75.9 Å². The number of morpholine rings is 1. The maximum Gasteiger partial charge on any atom is 0.223 e. The van der Waals surface area contributed by atoms with E-state index in [1.165, 1.54) is 0 Å². The van der Waals surface area contributed by atoms with E-state index in [1.54, 1.807) is 4.90 Å². The molecule has 0 spiro atoms. The zero-order valence-electron chi connectivity index (χ0n) is 13.3. The van der Waals surface area contributed by atoms with E-state index in [0.717, 1.165) is 19.4 Å². The van der Waals surface area contributed by atoms with Gasteiger partial charge in [-0.15, -0.1) is 12.4 Å². The van der Waals surface area contributed by atoms with Crippen LogP contribution in [0, 0.1) is 5.92 Å². The maximum atomic E-state index is 12.3. The van der Waals surface area contributed by atoms with Crippen LogP contribution in [0.15, 0.2) is 0 Å². The third-order valence-electron chi connectivity index (χ3n) is 4.49. The van der Waals surface area contributed by atoms with Crippen LogP contribution in [0.3, 0.4) is 0 Å². The first-order valence-electron chi connectivity index (χ1n) is 7.97. The van der Waals surface area contributed by atoms with E-state index in [-0.39, 0.29) is 30.3 Å². The quantitative estimate of drug-likeness (QED) is 0.819. The van der Waals surface area contributed by atoms with Gasteiger partial charge in [-0.1, -0.05) is 6.92 Å². The van der Waals surface area contributed by atoms with Crippen molar-refractivity contribution >= 4 is 24.2 Å². The Morgan fingerprint density at radius 1 is 1.14 bits per heavy atom. The van der Waals surface area contributed by atoms with Crippen LogP contribution in [0.4, 0.5) is 0 Å². The number of piperidine rings is 1. The second-order valence-corrected chi connectivity index (χ2v) is 6.10. The Morgan fingerprint density at radius 3 is 2.41 bits per heavy atom. The van der Waals surface area contributed by atoms with Gasteiger partial charge in [-0.25, -0.2) is 0 Å². The van der Waals surface area contributed by atoms with Gasteiger partial charge in [-0.2, -0.15) is 0 Å². The molecule has 2 rings (SSSR count). The molecule has 2 N–H and O–H groups in total. The van der Waals surface area contributed by atoms with Crippen LogP contribution in [-0.2, 0) is 14.3 Å². The van der Waals surface area contributed by atoms with Crippen LogP contribution in [0.25, 0.3) is 0 Å². The van der Waals surface area contributed by atoms with Crippen LogP contribution >= 0.6 is 12.4 Å². The first-order chi connectivity index (χ1) is 10.1. The molecule has 2 amide bonds. The third kappa shape index (κ3) is 5.11. The lowest BCUT2D eigenvalue weighted by molar-refractivity contribution is -0.141. The molecule has 7 heteroatoms. The summed E-state index contributed by atoms with van der Waals surface area (Å²) >= 11 is 0. The van der Waals surface area contributed by atoms with Gasteiger partial charge in [-0.3, -0.25) is 9.59 Å². The van der Waals surface area contributed by atoms with E-state index in [1.807, 2.05) is 4.90 Å². The predicted octanol–water partition coefficient (Wildman–Crippen LogP) is 0.633. The SMILES string of the molecule is CC1CCN(C(=O)CCC(=O)N2CCOCC2)C(CN)C1.Cl. The average Bonchev–Trinajstić information content (AvgIpc) is 2.52. The molecule has 22 heavy (non-hydrogen) atoms. The van der Waals surface area contributed by atoms with Gasteiger partial charge in [0.2, 0.25) is 11.8 Å². The van der Waals surface area contributed by atoms with Crippen molar-refractivity contribution < 1.29 is 14.3 Å². The second kappa shape index (κ2) is 9.33. The third-order valence-corrected chi connectivity index (χ3v) is 4.49. The van der Waals surface area contributed by atoms with Gasteiger partial charge >= 0.3 is 0 Å². The minimum atomic E-state index is 0. The van der Waals surface area contributed by atoms with Crippen molar-refractivity contribution in [1.29, 1.82) is 0 Å². The van der Waals surface area contributed by atoms with Crippen molar-refractivity contribution in [2.24, 2.45) is 11.7 Å². The number of nitrogens with two attached hydrogens (primary N) is 1. The van der Waals surface area contributed by atoms with Crippen LogP contribution in [0.2, 0.25) is 0 Å². The number of rotatable bonds is 4. The van der Waals surface area contributed by atoms with Crippen molar-refractivity contribution in [1.82, 2.24) is 9.80 Å².